The van der Waals surface area contributed by atoms with Gasteiger partial charge in [0.1, 0.15) is 19.0 Å². The summed E-state index contributed by atoms with van der Waals surface area (Å²) in [6.45, 7) is 24.9. The summed E-state index contributed by atoms with van der Waals surface area (Å²) in [5, 5.41) is 9.42. The van der Waals surface area contributed by atoms with Gasteiger partial charge >= 0.3 is 5.82 Å². The Hall–Kier alpha value is -4.64. The van der Waals surface area contributed by atoms with Crippen molar-refractivity contribution in [1.82, 2.24) is 4.98 Å². The average Bonchev–Trinajstić information content (AvgIpc) is 3.53. The molecule has 0 radical (unpaired) electrons. The lowest BCUT2D eigenvalue weighted by Crippen LogP contribution is -2.55. The summed E-state index contributed by atoms with van der Waals surface area (Å²) in [4.78, 5) is 30.6. The quantitative estimate of drug-likeness (QED) is 0.130. The summed E-state index contributed by atoms with van der Waals surface area (Å²) in [7, 11) is 4.43. The Labute approximate surface area is 251 Å². The van der Waals surface area contributed by atoms with Crippen LogP contribution in [0.3, 0.4) is 0 Å². The zero-order valence-electron chi connectivity index (χ0n) is 24.3. The van der Waals surface area contributed by atoms with E-state index in [0.29, 0.717) is 27.4 Å². The van der Waals surface area contributed by atoms with Crippen LogP contribution in [0.15, 0.2) is 70.2 Å². The van der Waals surface area contributed by atoms with E-state index in [1.807, 2.05) is 30.3 Å². The summed E-state index contributed by atoms with van der Waals surface area (Å²) < 4.78 is 0.924. The third kappa shape index (κ3) is 5.73. The zero-order chi connectivity index (χ0) is 29.9. The molecule has 9 nitrogen and oxygen atoms in total. The van der Waals surface area contributed by atoms with E-state index in [4.69, 9.17) is 18.1 Å². The number of ketones is 1. The highest BCUT2D eigenvalue weighted by Gasteiger charge is 2.36. The monoisotopic (exact) mass is 577 g/mol. The number of likely N-dealkylation sites (N-methyl/N-ethyl adjacent to an activating group) is 1. The SMILES string of the molecule is [C-]#[N+]C([N+]#[C-])=C1/C(=C/c2sc(/N=N/c3ccc(N(CC)CC)cc3)nc2N2CC[N+](C)(C)CC2)C(=O)c2ccccc21. The molecule has 3 aromatic rings. The van der Waals surface area contributed by atoms with Gasteiger partial charge in [-0.15, -0.1) is 10.2 Å². The standard InChI is InChI=1S/C32H33N8OS/c1-7-38(8-2)23-15-13-22(14-16-23)36-37-32-35-31(39-17-19-40(5,6)20-18-39)27(42-32)21-26-28(30(33-3)34-4)24-11-9-10-12-25(24)29(26)41/h9-16,21H,7-8,17-20H2,1-2,5-6H3/q+1/b26-21-,37-36+. The van der Waals surface area contributed by atoms with Crippen LogP contribution >= 0.6 is 11.3 Å². The smallest absolute Gasteiger partial charge is 0.372 e. The maximum atomic E-state index is 13.6. The molecule has 1 aromatic heterocycles. The van der Waals surface area contributed by atoms with Crippen LogP contribution in [0, 0.1) is 13.1 Å². The molecule has 0 bridgehead atoms. The number of benzene rings is 2. The van der Waals surface area contributed by atoms with Gasteiger partial charge < -0.3 is 14.3 Å². The molecule has 0 spiro atoms. The van der Waals surface area contributed by atoms with Gasteiger partial charge in [-0.1, -0.05) is 35.6 Å². The van der Waals surface area contributed by atoms with Crippen molar-refractivity contribution >= 4 is 51.1 Å². The number of nitrogens with zero attached hydrogens (tertiary/aromatic N) is 8. The van der Waals surface area contributed by atoms with Gasteiger partial charge in [-0.3, -0.25) is 4.79 Å². The number of piperazine rings is 1. The van der Waals surface area contributed by atoms with Crippen molar-refractivity contribution in [1.29, 1.82) is 0 Å². The molecule has 1 aliphatic carbocycles. The van der Waals surface area contributed by atoms with Crippen molar-refractivity contribution in [3.05, 3.63) is 98.8 Å². The van der Waals surface area contributed by atoms with Crippen LogP contribution in [0.2, 0.25) is 0 Å². The molecule has 1 saturated heterocycles. The van der Waals surface area contributed by atoms with E-state index in [1.54, 1.807) is 24.3 Å². The number of fused-ring (bicyclic) bond motifs is 1. The maximum Gasteiger partial charge on any atom is 0.528 e. The van der Waals surface area contributed by atoms with E-state index in [2.05, 4.69) is 57.7 Å². The van der Waals surface area contributed by atoms with Crippen molar-refractivity contribution < 1.29 is 9.28 Å². The van der Waals surface area contributed by atoms with Crippen molar-refractivity contribution in [2.45, 2.75) is 13.8 Å². The summed E-state index contributed by atoms with van der Waals surface area (Å²) in [5.74, 6) is 0.432. The number of rotatable bonds is 7. The van der Waals surface area contributed by atoms with Crippen LogP contribution in [0.5, 0.6) is 0 Å². The van der Waals surface area contributed by atoms with Crippen molar-refractivity contribution in [2.75, 3.05) is 63.2 Å². The Kier molecular flexibility index (Phi) is 8.30. The van der Waals surface area contributed by atoms with Gasteiger partial charge in [-0.05, 0) is 49.8 Å². The molecule has 42 heavy (non-hydrogen) atoms. The normalized spacial score (nSPS) is 16.9. The predicted molar refractivity (Wildman–Crippen MR) is 169 cm³/mol. The maximum absolute atomic E-state index is 13.6. The number of allylic oxidation sites excluding steroid dienone is 2. The second-order valence-electron chi connectivity index (χ2n) is 10.8. The molecule has 2 heterocycles. The summed E-state index contributed by atoms with van der Waals surface area (Å²) in [6, 6.07) is 15.1. The molecule has 5 rings (SSSR count). The Morgan fingerprint density at radius 1 is 1.02 bits per heavy atom. The lowest BCUT2D eigenvalue weighted by Gasteiger charge is -2.39. The molecule has 2 aromatic carbocycles. The number of aromatic nitrogens is 1. The number of Topliss-reactive ketones (excluding diaryl/α,β-unsaturated/α-hetero) is 1. The fraction of sp³-hybridized carbons (Fsp3) is 0.312. The Bertz CT molecular complexity index is 1650. The van der Waals surface area contributed by atoms with Crippen LogP contribution in [0.25, 0.3) is 21.3 Å². The number of anilines is 2. The second-order valence-corrected chi connectivity index (χ2v) is 11.8. The average molecular weight is 578 g/mol. The van der Waals surface area contributed by atoms with Crippen LogP contribution in [0.4, 0.5) is 22.3 Å². The molecular weight excluding hydrogens is 544 g/mol. The van der Waals surface area contributed by atoms with Crippen LogP contribution in [0.1, 0.15) is 34.6 Å². The van der Waals surface area contributed by atoms with E-state index in [0.717, 1.165) is 65.8 Å². The van der Waals surface area contributed by atoms with Gasteiger partial charge in [0, 0.05) is 29.9 Å². The number of quaternary nitrogens is 1. The molecule has 10 heteroatoms. The third-order valence-corrected chi connectivity index (χ3v) is 8.64. The highest BCUT2D eigenvalue weighted by Crippen LogP contribution is 2.43. The molecule has 0 unspecified atom stereocenters. The summed E-state index contributed by atoms with van der Waals surface area (Å²) in [6.07, 6.45) is 1.79. The Morgan fingerprint density at radius 2 is 1.67 bits per heavy atom. The minimum absolute atomic E-state index is 0.115. The van der Waals surface area contributed by atoms with E-state index in [1.165, 1.54) is 11.3 Å². The zero-order valence-corrected chi connectivity index (χ0v) is 25.1. The number of carbonyl (C=O) groups excluding carboxylic acids is 1. The van der Waals surface area contributed by atoms with E-state index < -0.39 is 0 Å². The minimum atomic E-state index is -0.197. The second kappa shape index (κ2) is 12.1. The number of hydrogen-bond donors (Lipinski definition) is 0. The molecule has 2 aliphatic rings. The van der Waals surface area contributed by atoms with Crippen LogP contribution in [-0.2, 0) is 0 Å². The number of azo groups is 1. The van der Waals surface area contributed by atoms with Crippen LogP contribution in [-0.4, -0.2) is 68.6 Å². The van der Waals surface area contributed by atoms with Crippen molar-refractivity contribution in [2.24, 2.45) is 10.2 Å². The van der Waals surface area contributed by atoms with E-state index in [-0.39, 0.29) is 11.6 Å². The molecule has 1 aliphatic heterocycles. The topological polar surface area (TPSA) is 69.9 Å². The van der Waals surface area contributed by atoms with Gasteiger partial charge in [0.25, 0.3) is 0 Å². The first-order valence-electron chi connectivity index (χ1n) is 14.0. The number of carbonyl (C=O) groups is 1. The fourth-order valence-electron chi connectivity index (χ4n) is 5.26. The largest absolute Gasteiger partial charge is 0.528 e. The highest BCUT2D eigenvalue weighted by molar-refractivity contribution is 7.16. The first-order chi connectivity index (χ1) is 20.3. The van der Waals surface area contributed by atoms with Gasteiger partial charge in [0.05, 0.1) is 56.4 Å². The molecule has 0 amide bonds. The lowest BCUT2D eigenvalue weighted by atomic mass is 10.0. The third-order valence-electron chi connectivity index (χ3n) is 7.77. The van der Waals surface area contributed by atoms with Gasteiger partial charge in [-0.2, -0.15) is 14.7 Å². The van der Waals surface area contributed by atoms with Crippen molar-refractivity contribution in [3.8, 4) is 0 Å². The molecule has 1 fully saturated rings. The first kappa shape index (κ1) is 28.9. The Morgan fingerprint density at radius 3 is 2.29 bits per heavy atom. The molecule has 0 atom stereocenters. The van der Waals surface area contributed by atoms with Crippen molar-refractivity contribution in [3.63, 3.8) is 0 Å². The predicted octanol–water partition coefficient (Wildman–Crippen LogP) is 7.09. The fourth-order valence-corrected chi connectivity index (χ4v) is 6.12. The summed E-state index contributed by atoms with van der Waals surface area (Å²) in [5.41, 5.74) is 3.70. The van der Waals surface area contributed by atoms with E-state index >= 15 is 0 Å². The number of hydrogen-bond acceptors (Lipinski definition) is 7. The Balaban J connectivity index is 1.55. The highest BCUT2D eigenvalue weighted by atomic mass is 32.1. The van der Waals surface area contributed by atoms with Gasteiger partial charge in [0.15, 0.2) is 5.78 Å². The molecule has 212 valence electrons. The summed E-state index contributed by atoms with van der Waals surface area (Å²) >= 11 is 1.35. The lowest BCUT2D eigenvalue weighted by molar-refractivity contribution is -0.890. The molecule has 0 N–H and O–H groups in total. The van der Waals surface area contributed by atoms with E-state index in [9.17, 15) is 4.79 Å². The van der Waals surface area contributed by atoms with Gasteiger partial charge in [0.2, 0.25) is 5.13 Å². The minimum Gasteiger partial charge on any atom is -0.372 e. The van der Waals surface area contributed by atoms with Crippen LogP contribution < -0.4 is 9.80 Å². The van der Waals surface area contributed by atoms with Gasteiger partial charge in [-0.25, -0.2) is 0 Å². The first-order valence-corrected chi connectivity index (χ1v) is 14.8. The number of thiazole rings is 1. The molecule has 0 saturated carbocycles. The molecular formula is C32H33N8OS+.